The summed E-state index contributed by atoms with van der Waals surface area (Å²) in [6.07, 6.45) is 0. The molecule has 0 atom stereocenters. The standard InChI is InChI=1S/C19H21Cl2N3O/c1-14(25)22-16-4-2-15(3-5-16)13-23-8-10-24(11-9-23)17-6-7-18(20)19(21)12-17/h2-7,12H,8-11,13H2,1H3,(H,22,25). The van der Waals surface area contributed by atoms with Gasteiger partial charge in [0.25, 0.3) is 0 Å². The molecule has 25 heavy (non-hydrogen) atoms. The quantitative estimate of drug-likeness (QED) is 0.863. The number of rotatable bonds is 4. The molecule has 6 heteroatoms. The number of hydrogen-bond donors (Lipinski definition) is 1. The second kappa shape index (κ2) is 8.09. The fraction of sp³-hybridized carbons (Fsp3) is 0.316. The summed E-state index contributed by atoms with van der Waals surface area (Å²) in [6.45, 7) is 6.34. The first-order valence-corrected chi connectivity index (χ1v) is 9.06. The number of halogens is 2. The van der Waals surface area contributed by atoms with Gasteiger partial charge in [0.15, 0.2) is 0 Å². The molecule has 132 valence electrons. The van der Waals surface area contributed by atoms with Crippen molar-refractivity contribution in [3.8, 4) is 0 Å². The highest BCUT2D eigenvalue weighted by atomic mass is 35.5. The van der Waals surface area contributed by atoms with Crippen LogP contribution in [0, 0.1) is 0 Å². The Hall–Kier alpha value is -1.75. The van der Waals surface area contributed by atoms with E-state index in [0.717, 1.165) is 44.1 Å². The Balaban J connectivity index is 1.53. The Labute approximate surface area is 158 Å². The molecule has 1 aliphatic rings. The van der Waals surface area contributed by atoms with E-state index in [1.807, 2.05) is 30.3 Å². The summed E-state index contributed by atoms with van der Waals surface area (Å²) in [5.74, 6) is -0.0498. The minimum Gasteiger partial charge on any atom is -0.369 e. The van der Waals surface area contributed by atoms with E-state index in [-0.39, 0.29) is 5.91 Å². The van der Waals surface area contributed by atoms with Gasteiger partial charge in [0, 0.05) is 51.0 Å². The number of nitrogens with zero attached hydrogens (tertiary/aromatic N) is 2. The number of anilines is 2. The van der Waals surface area contributed by atoms with E-state index in [0.29, 0.717) is 10.0 Å². The smallest absolute Gasteiger partial charge is 0.221 e. The number of carbonyl (C=O) groups excluding carboxylic acids is 1. The molecule has 1 fully saturated rings. The van der Waals surface area contributed by atoms with Crippen LogP contribution in [-0.2, 0) is 11.3 Å². The van der Waals surface area contributed by atoms with Crippen molar-refractivity contribution < 1.29 is 4.79 Å². The van der Waals surface area contributed by atoms with Crippen LogP contribution in [0.2, 0.25) is 10.0 Å². The molecule has 2 aromatic carbocycles. The van der Waals surface area contributed by atoms with Crippen LogP contribution in [-0.4, -0.2) is 37.0 Å². The Morgan fingerprint density at radius 3 is 2.28 bits per heavy atom. The highest BCUT2D eigenvalue weighted by Crippen LogP contribution is 2.28. The van der Waals surface area contributed by atoms with Crippen molar-refractivity contribution in [2.75, 3.05) is 36.4 Å². The summed E-state index contributed by atoms with van der Waals surface area (Å²) in [5.41, 5.74) is 3.20. The Morgan fingerprint density at radius 2 is 1.68 bits per heavy atom. The molecule has 3 rings (SSSR count). The molecule has 0 radical (unpaired) electrons. The van der Waals surface area contributed by atoms with Gasteiger partial charge in [0.1, 0.15) is 0 Å². The molecule has 1 N–H and O–H groups in total. The SMILES string of the molecule is CC(=O)Nc1ccc(CN2CCN(c3ccc(Cl)c(Cl)c3)CC2)cc1. The van der Waals surface area contributed by atoms with Crippen molar-refractivity contribution in [3.05, 3.63) is 58.1 Å². The third-order valence-corrected chi connectivity index (χ3v) is 5.06. The molecular formula is C19H21Cl2N3O. The summed E-state index contributed by atoms with van der Waals surface area (Å²) in [4.78, 5) is 15.8. The Bertz CT molecular complexity index is 741. The zero-order valence-electron chi connectivity index (χ0n) is 14.1. The second-order valence-electron chi connectivity index (χ2n) is 6.24. The lowest BCUT2D eigenvalue weighted by Crippen LogP contribution is -2.45. The van der Waals surface area contributed by atoms with Crippen LogP contribution in [0.5, 0.6) is 0 Å². The highest BCUT2D eigenvalue weighted by molar-refractivity contribution is 6.42. The van der Waals surface area contributed by atoms with E-state index in [9.17, 15) is 4.79 Å². The first kappa shape index (κ1) is 18.1. The van der Waals surface area contributed by atoms with E-state index < -0.39 is 0 Å². The van der Waals surface area contributed by atoms with Gasteiger partial charge < -0.3 is 10.2 Å². The molecule has 0 bridgehead atoms. The monoisotopic (exact) mass is 377 g/mol. The summed E-state index contributed by atoms with van der Waals surface area (Å²) in [6, 6.07) is 13.8. The highest BCUT2D eigenvalue weighted by Gasteiger charge is 2.18. The number of hydrogen-bond acceptors (Lipinski definition) is 3. The van der Waals surface area contributed by atoms with Crippen molar-refractivity contribution in [1.29, 1.82) is 0 Å². The Kier molecular flexibility index (Phi) is 5.84. The van der Waals surface area contributed by atoms with Gasteiger partial charge in [0.2, 0.25) is 5.91 Å². The number of carbonyl (C=O) groups is 1. The topological polar surface area (TPSA) is 35.6 Å². The predicted octanol–water partition coefficient (Wildman–Crippen LogP) is 4.27. The van der Waals surface area contributed by atoms with Gasteiger partial charge >= 0.3 is 0 Å². The molecule has 0 unspecified atom stereocenters. The second-order valence-corrected chi connectivity index (χ2v) is 7.05. The average Bonchev–Trinajstić information content (AvgIpc) is 2.59. The van der Waals surface area contributed by atoms with Gasteiger partial charge in [-0.1, -0.05) is 35.3 Å². The lowest BCUT2D eigenvalue weighted by Gasteiger charge is -2.36. The molecule has 1 aliphatic heterocycles. The molecule has 0 aromatic heterocycles. The largest absolute Gasteiger partial charge is 0.369 e. The number of benzene rings is 2. The maximum atomic E-state index is 11.1. The van der Waals surface area contributed by atoms with Crippen LogP contribution < -0.4 is 10.2 Å². The molecule has 1 saturated heterocycles. The van der Waals surface area contributed by atoms with Crippen LogP contribution in [0.1, 0.15) is 12.5 Å². The van der Waals surface area contributed by atoms with Gasteiger partial charge in [-0.15, -0.1) is 0 Å². The van der Waals surface area contributed by atoms with Gasteiger partial charge in [0.05, 0.1) is 10.0 Å². The van der Waals surface area contributed by atoms with E-state index in [1.54, 1.807) is 0 Å². The van der Waals surface area contributed by atoms with Crippen LogP contribution in [0.15, 0.2) is 42.5 Å². The van der Waals surface area contributed by atoms with E-state index in [2.05, 4.69) is 27.2 Å². The van der Waals surface area contributed by atoms with Crippen LogP contribution in [0.3, 0.4) is 0 Å². The van der Waals surface area contributed by atoms with Crippen molar-refractivity contribution in [3.63, 3.8) is 0 Å². The molecule has 0 spiro atoms. The lowest BCUT2D eigenvalue weighted by atomic mass is 10.1. The molecule has 2 aromatic rings. The molecular weight excluding hydrogens is 357 g/mol. The normalized spacial score (nSPS) is 15.2. The third kappa shape index (κ3) is 4.88. The predicted molar refractivity (Wildman–Crippen MR) is 105 cm³/mol. The molecule has 4 nitrogen and oxygen atoms in total. The number of amides is 1. The van der Waals surface area contributed by atoms with E-state index in [1.165, 1.54) is 12.5 Å². The van der Waals surface area contributed by atoms with E-state index in [4.69, 9.17) is 23.2 Å². The molecule has 0 aliphatic carbocycles. The van der Waals surface area contributed by atoms with Gasteiger partial charge in [-0.2, -0.15) is 0 Å². The van der Waals surface area contributed by atoms with Gasteiger partial charge in [-0.25, -0.2) is 0 Å². The van der Waals surface area contributed by atoms with Crippen LogP contribution in [0.4, 0.5) is 11.4 Å². The zero-order valence-corrected chi connectivity index (χ0v) is 15.6. The summed E-state index contributed by atoms with van der Waals surface area (Å²) >= 11 is 12.1. The van der Waals surface area contributed by atoms with E-state index >= 15 is 0 Å². The van der Waals surface area contributed by atoms with Crippen LogP contribution in [0.25, 0.3) is 0 Å². The van der Waals surface area contributed by atoms with Crippen molar-refractivity contribution in [1.82, 2.24) is 4.90 Å². The van der Waals surface area contributed by atoms with Gasteiger partial charge in [-0.05, 0) is 35.9 Å². The maximum Gasteiger partial charge on any atom is 0.221 e. The Morgan fingerprint density at radius 1 is 1.00 bits per heavy atom. The van der Waals surface area contributed by atoms with Crippen molar-refractivity contribution >= 4 is 40.5 Å². The minimum absolute atomic E-state index is 0.0498. The first-order valence-electron chi connectivity index (χ1n) is 8.30. The van der Waals surface area contributed by atoms with Crippen LogP contribution >= 0.6 is 23.2 Å². The summed E-state index contributed by atoms with van der Waals surface area (Å²) in [5, 5.41) is 3.98. The lowest BCUT2D eigenvalue weighted by molar-refractivity contribution is -0.114. The molecule has 1 heterocycles. The van der Waals surface area contributed by atoms with Crippen molar-refractivity contribution in [2.24, 2.45) is 0 Å². The summed E-state index contributed by atoms with van der Waals surface area (Å²) in [7, 11) is 0. The van der Waals surface area contributed by atoms with Gasteiger partial charge in [-0.3, -0.25) is 9.69 Å². The van der Waals surface area contributed by atoms with Crippen molar-refractivity contribution in [2.45, 2.75) is 13.5 Å². The average molecular weight is 378 g/mol. The first-order chi connectivity index (χ1) is 12.0. The minimum atomic E-state index is -0.0498. The fourth-order valence-electron chi connectivity index (χ4n) is 3.00. The zero-order chi connectivity index (χ0) is 17.8. The summed E-state index contributed by atoms with van der Waals surface area (Å²) < 4.78 is 0. The maximum absolute atomic E-state index is 11.1. The molecule has 1 amide bonds. The third-order valence-electron chi connectivity index (χ3n) is 4.32. The number of piperazine rings is 1. The molecule has 0 saturated carbocycles. The number of nitrogens with one attached hydrogen (secondary N) is 1. The fourth-order valence-corrected chi connectivity index (χ4v) is 3.29.